The van der Waals surface area contributed by atoms with Crippen molar-refractivity contribution in [2.45, 2.75) is 44.5 Å². The average Bonchev–Trinajstić information content (AvgIpc) is 2.68. The monoisotopic (exact) mass is 486 g/mol. The van der Waals surface area contributed by atoms with E-state index in [1.54, 1.807) is 0 Å². The van der Waals surface area contributed by atoms with Gasteiger partial charge in [-0.3, -0.25) is 0 Å². The summed E-state index contributed by atoms with van der Waals surface area (Å²) < 4.78 is 160. The first-order chi connectivity index (χ1) is 15.0. The first kappa shape index (κ1) is 25.1. The molecule has 0 heterocycles. The number of allylic oxidation sites excluding steroid dienone is 8. The van der Waals surface area contributed by atoms with Gasteiger partial charge in [0, 0.05) is 16.4 Å². The first-order valence-corrected chi connectivity index (χ1v) is 9.39. The quantitative estimate of drug-likeness (QED) is 0.260. The molecule has 3 rings (SSSR count). The molecule has 0 saturated carbocycles. The van der Waals surface area contributed by atoms with E-state index in [0.29, 0.717) is 19.9 Å². The van der Waals surface area contributed by atoms with Crippen molar-refractivity contribution in [1.82, 2.24) is 0 Å². The second kappa shape index (κ2) is 8.05. The summed E-state index contributed by atoms with van der Waals surface area (Å²) in [6, 6.07) is 0.310. The number of alkyl halides is 4. The molecule has 2 aliphatic carbocycles. The third-order valence-electron chi connectivity index (χ3n) is 5.53. The van der Waals surface area contributed by atoms with Gasteiger partial charge < -0.3 is 0 Å². The second-order valence-electron chi connectivity index (χ2n) is 8.19. The van der Waals surface area contributed by atoms with E-state index in [9.17, 15) is 48.3 Å². The lowest BCUT2D eigenvalue weighted by Crippen LogP contribution is -2.47. The summed E-state index contributed by atoms with van der Waals surface area (Å²) >= 11 is 0. The molecule has 0 aromatic heterocycles. The van der Waals surface area contributed by atoms with Gasteiger partial charge in [-0.05, 0) is 44.6 Å². The van der Waals surface area contributed by atoms with E-state index in [2.05, 4.69) is 0 Å². The van der Waals surface area contributed by atoms with Gasteiger partial charge in [-0.15, -0.1) is 0 Å². The molecule has 1 aromatic rings. The predicted octanol–water partition coefficient (Wildman–Crippen LogP) is 6.51. The van der Waals surface area contributed by atoms with Crippen molar-refractivity contribution in [1.29, 1.82) is 0 Å². The topological polar surface area (TPSA) is 0 Å². The molecule has 33 heavy (non-hydrogen) atoms. The van der Waals surface area contributed by atoms with Crippen molar-refractivity contribution >= 4 is 12.2 Å². The fourth-order valence-electron chi connectivity index (χ4n) is 3.77. The fourth-order valence-corrected chi connectivity index (χ4v) is 3.77. The molecule has 2 aliphatic rings. The summed E-state index contributed by atoms with van der Waals surface area (Å²) in [6.45, 7) is -1.32. The van der Waals surface area contributed by atoms with Crippen LogP contribution in [0.2, 0.25) is 0 Å². The maximum atomic E-state index is 14.8. The highest BCUT2D eigenvalue weighted by Crippen LogP contribution is 2.45. The fraction of sp³-hybridized carbons (Fsp3) is 0.333. The Balaban J connectivity index is 2.46. The normalized spacial score (nSPS) is 30.5. The molecule has 1 aromatic carbocycles. The van der Waals surface area contributed by atoms with Crippen LogP contribution in [0.25, 0.3) is 0 Å². The highest BCUT2D eigenvalue weighted by molar-refractivity contribution is 6.87. The van der Waals surface area contributed by atoms with Gasteiger partial charge >= 0.3 is 0 Å². The maximum Gasteiger partial charge on any atom is 0.263 e. The average molecular weight is 486 g/mol. The van der Waals surface area contributed by atoms with E-state index in [-0.39, 0.29) is 12.2 Å². The number of hydrogen-bond acceptors (Lipinski definition) is 0. The van der Waals surface area contributed by atoms with Crippen molar-refractivity contribution in [3.05, 3.63) is 75.5 Å². The van der Waals surface area contributed by atoms with Gasteiger partial charge in [-0.2, -0.15) is 0 Å². The van der Waals surface area contributed by atoms with Crippen LogP contribution < -0.4 is 5.46 Å². The van der Waals surface area contributed by atoms with E-state index in [1.807, 2.05) is 0 Å². The van der Waals surface area contributed by atoms with E-state index < -0.39 is 93.1 Å². The van der Waals surface area contributed by atoms with Crippen LogP contribution in [0.4, 0.5) is 48.3 Å². The standard InChI is InChI=1S/C21H14BF11/c1-7-4-8(23)11(15(27)14(7)26)22(12-9(24)5-20(2,32)18(30)16(12)28)13-10(25)6-21(3,33)19(31)17(13)29/h4-6,18-19H,1-3H3. The molecular formula is C21H14BF11. The van der Waals surface area contributed by atoms with Gasteiger partial charge in [0.05, 0.1) is 0 Å². The van der Waals surface area contributed by atoms with Crippen LogP contribution in [-0.2, 0) is 0 Å². The zero-order chi connectivity index (χ0) is 25.2. The smallest absolute Gasteiger partial charge is 0.236 e. The van der Waals surface area contributed by atoms with E-state index in [4.69, 9.17) is 0 Å². The summed E-state index contributed by atoms with van der Waals surface area (Å²) in [5.41, 5.74) is -12.6. The SMILES string of the molecule is Cc1cc(F)c(B(C2=C(F)C(F)C(C)(F)C=C2F)C2=C(F)C(F)C(C)(F)C=C2F)c(F)c1F. The minimum Gasteiger partial charge on any atom is -0.236 e. The van der Waals surface area contributed by atoms with Gasteiger partial charge in [0.1, 0.15) is 29.1 Å². The summed E-state index contributed by atoms with van der Waals surface area (Å²) in [4.78, 5) is 0. The van der Waals surface area contributed by atoms with E-state index >= 15 is 0 Å². The molecular weight excluding hydrogens is 472 g/mol. The molecule has 0 saturated heterocycles. The van der Waals surface area contributed by atoms with Crippen LogP contribution >= 0.6 is 0 Å². The van der Waals surface area contributed by atoms with Crippen LogP contribution in [0.3, 0.4) is 0 Å². The van der Waals surface area contributed by atoms with E-state index in [1.165, 1.54) is 0 Å². The molecule has 0 N–H and O–H groups in total. The highest BCUT2D eigenvalue weighted by atomic mass is 19.2. The van der Waals surface area contributed by atoms with Crippen molar-refractivity contribution < 1.29 is 48.3 Å². The van der Waals surface area contributed by atoms with Gasteiger partial charge in [-0.25, -0.2) is 48.3 Å². The predicted molar refractivity (Wildman–Crippen MR) is 99.9 cm³/mol. The van der Waals surface area contributed by atoms with Gasteiger partial charge in [0.2, 0.25) is 0 Å². The lowest BCUT2D eigenvalue weighted by Gasteiger charge is -2.32. The molecule has 12 heteroatoms. The Morgan fingerprint density at radius 3 is 1.52 bits per heavy atom. The molecule has 4 atom stereocenters. The highest BCUT2D eigenvalue weighted by Gasteiger charge is 2.52. The van der Waals surface area contributed by atoms with Gasteiger partial charge in [-0.1, -0.05) is 0 Å². The van der Waals surface area contributed by atoms with Crippen LogP contribution in [0, 0.1) is 24.4 Å². The Labute approximate surface area is 181 Å². The summed E-state index contributed by atoms with van der Waals surface area (Å²) in [5.74, 6) is -14.5. The van der Waals surface area contributed by atoms with Crippen molar-refractivity contribution in [2.24, 2.45) is 0 Å². The molecule has 0 bridgehead atoms. The zero-order valence-corrected chi connectivity index (χ0v) is 17.1. The summed E-state index contributed by atoms with van der Waals surface area (Å²) in [7, 11) is 0. The largest absolute Gasteiger partial charge is 0.263 e. The van der Waals surface area contributed by atoms with Crippen LogP contribution in [0.1, 0.15) is 19.4 Å². The van der Waals surface area contributed by atoms with E-state index in [0.717, 1.165) is 6.92 Å². The first-order valence-electron chi connectivity index (χ1n) is 9.39. The summed E-state index contributed by atoms with van der Waals surface area (Å²) in [5, 5.41) is 0. The minimum atomic E-state index is -3.31. The van der Waals surface area contributed by atoms with Crippen LogP contribution in [-0.4, -0.2) is 30.4 Å². The van der Waals surface area contributed by atoms with Crippen LogP contribution in [0.5, 0.6) is 0 Å². The molecule has 0 spiro atoms. The number of aryl methyl sites for hydroxylation is 1. The Kier molecular flexibility index (Phi) is 6.13. The number of benzene rings is 1. The Morgan fingerprint density at radius 1 is 0.727 bits per heavy atom. The third kappa shape index (κ3) is 3.91. The maximum absolute atomic E-state index is 14.8. The van der Waals surface area contributed by atoms with Gasteiger partial charge in [0.15, 0.2) is 35.3 Å². The van der Waals surface area contributed by atoms with Crippen LogP contribution in [0.15, 0.2) is 52.5 Å². The van der Waals surface area contributed by atoms with Crippen molar-refractivity contribution in [2.75, 3.05) is 0 Å². The van der Waals surface area contributed by atoms with Crippen molar-refractivity contribution in [3.8, 4) is 0 Å². The molecule has 0 nitrogen and oxygen atoms in total. The number of halogens is 11. The molecule has 0 radical (unpaired) electrons. The lowest BCUT2D eigenvalue weighted by atomic mass is 9.33. The van der Waals surface area contributed by atoms with Crippen molar-refractivity contribution in [3.63, 3.8) is 0 Å². The number of rotatable bonds is 3. The molecule has 0 amide bonds. The Hall–Kier alpha value is -2.53. The molecule has 0 aliphatic heterocycles. The molecule has 4 unspecified atom stereocenters. The molecule has 178 valence electrons. The number of hydrogen-bond donors (Lipinski definition) is 0. The van der Waals surface area contributed by atoms with Gasteiger partial charge in [0.25, 0.3) is 6.71 Å². The minimum absolute atomic E-state index is 0.154. The summed E-state index contributed by atoms with van der Waals surface area (Å²) in [6.07, 6.45) is -6.91. The molecule has 0 fully saturated rings. The zero-order valence-electron chi connectivity index (χ0n) is 17.1. The third-order valence-corrected chi connectivity index (χ3v) is 5.53. The lowest BCUT2D eigenvalue weighted by molar-refractivity contribution is 0.113. The Morgan fingerprint density at radius 2 is 1.12 bits per heavy atom. The second-order valence-corrected chi connectivity index (χ2v) is 8.19. The Bertz CT molecular complexity index is 1090.